The molecular weight excluding hydrogens is 321 g/mol. The Morgan fingerprint density at radius 1 is 1.35 bits per heavy atom. The number of halogens is 2. The predicted octanol–water partition coefficient (Wildman–Crippen LogP) is 4.31. The quantitative estimate of drug-likeness (QED) is 0.753. The summed E-state index contributed by atoms with van der Waals surface area (Å²) in [5, 5.41) is -0.160. The summed E-state index contributed by atoms with van der Waals surface area (Å²) >= 11 is 5.89. The lowest BCUT2D eigenvalue weighted by Crippen LogP contribution is -2.44. The number of amides is 1. The lowest BCUT2D eigenvalue weighted by atomic mass is 9.90. The molecule has 0 aliphatic carbocycles. The highest BCUT2D eigenvalue weighted by Crippen LogP contribution is 2.27. The molecular formula is C17H21ClFNO3. The zero-order chi connectivity index (χ0) is 17.2. The third-order valence-electron chi connectivity index (χ3n) is 3.66. The molecule has 4 nitrogen and oxygen atoms in total. The van der Waals surface area contributed by atoms with Gasteiger partial charge in [0.05, 0.1) is 5.02 Å². The number of nitrogens with zero attached hydrogens (tertiary/aromatic N) is 1. The van der Waals surface area contributed by atoms with Crippen LogP contribution in [0, 0.1) is 11.7 Å². The summed E-state index contributed by atoms with van der Waals surface area (Å²) < 4.78 is 18.9. The fraction of sp³-hybridized carbons (Fsp3) is 0.529. The molecule has 1 atom stereocenters. The Morgan fingerprint density at radius 2 is 2.04 bits per heavy atom. The molecule has 126 valence electrons. The van der Waals surface area contributed by atoms with Crippen LogP contribution in [-0.4, -0.2) is 35.5 Å². The Bertz CT molecular complexity index is 612. The van der Waals surface area contributed by atoms with E-state index >= 15 is 0 Å². The van der Waals surface area contributed by atoms with Gasteiger partial charge in [0.2, 0.25) is 0 Å². The van der Waals surface area contributed by atoms with Crippen LogP contribution in [0.2, 0.25) is 5.02 Å². The molecule has 1 aliphatic heterocycles. The molecule has 0 radical (unpaired) electrons. The highest BCUT2D eigenvalue weighted by Gasteiger charge is 2.32. The van der Waals surface area contributed by atoms with Gasteiger partial charge in [-0.15, -0.1) is 0 Å². The molecule has 23 heavy (non-hydrogen) atoms. The monoisotopic (exact) mass is 341 g/mol. The number of ketones is 1. The van der Waals surface area contributed by atoms with Gasteiger partial charge in [-0.2, -0.15) is 0 Å². The van der Waals surface area contributed by atoms with Gasteiger partial charge < -0.3 is 9.64 Å². The largest absolute Gasteiger partial charge is 0.444 e. The number of hydrogen-bond acceptors (Lipinski definition) is 3. The SMILES string of the molecule is CC(C)(C)OC(=O)N1CCCC(C(=O)c2cccc(F)c2Cl)C1. The van der Waals surface area contributed by atoms with Crippen LogP contribution in [0.1, 0.15) is 44.0 Å². The predicted molar refractivity (Wildman–Crippen MR) is 86.3 cm³/mol. The van der Waals surface area contributed by atoms with E-state index in [-0.39, 0.29) is 22.9 Å². The van der Waals surface area contributed by atoms with Crippen LogP contribution < -0.4 is 0 Å². The maximum atomic E-state index is 13.5. The topological polar surface area (TPSA) is 46.6 Å². The first kappa shape index (κ1) is 17.7. The summed E-state index contributed by atoms with van der Waals surface area (Å²) in [6.45, 7) is 6.20. The van der Waals surface area contributed by atoms with E-state index in [4.69, 9.17) is 16.3 Å². The third kappa shape index (κ3) is 4.44. The number of ether oxygens (including phenoxy) is 1. The highest BCUT2D eigenvalue weighted by atomic mass is 35.5. The van der Waals surface area contributed by atoms with E-state index in [1.54, 1.807) is 20.8 Å². The van der Waals surface area contributed by atoms with Crippen molar-refractivity contribution in [3.8, 4) is 0 Å². The van der Waals surface area contributed by atoms with Crippen LogP contribution in [-0.2, 0) is 4.74 Å². The van der Waals surface area contributed by atoms with Gasteiger partial charge in [-0.1, -0.05) is 17.7 Å². The highest BCUT2D eigenvalue weighted by molar-refractivity contribution is 6.34. The lowest BCUT2D eigenvalue weighted by molar-refractivity contribution is 0.0172. The number of benzene rings is 1. The molecule has 1 aliphatic rings. The maximum absolute atomic E-state index is 13.5. The minimum Gasteiger partial charge on any atom is -0.444 e. The standard InChI is InChI=1S/C17H21ClFNO3/c1-17(2,3)23-16(22)20-9-5-6-11(10-20)15(21)12-7-4-8-13(19)14(12)18/h4,7-8,11H,5-6,9-10H2,1-3H3. The molecule has 0 bridgehead atoms. The number of rotatable bonds is 2. The van der Waals surface area contributed by atoms with E-state index in [9.17, 15) is 14.0 Å². The van der Waals surface area contributed by atoms with Crippen molar-refractivity contribution in [1.29, 1.82) is 0 Å². The van der Waals surface area contributed by atoms with Crippen molar-refractivity contribution in [2.24, 2.45) is 5.92 Å². The molecule has 6 heteroatoms. The summed E-state index contributed by atoms with van der Waals surface area (Å²) in [7, 11) is 0. The molecule has 1 heterocycles. The van der Waals surface area contributed by atoms with Gasteiger partial charge in [-0.25, -0.2) is 9.18 Å². The second-order valence-electron chi connectivity index (χ2n) is 6.73. The van der Waals surface area contributed by atoms with Crippen LogP contribution in [0.3, 0.4) is 0 Å². The van der Waals surface area contributed by atoms with Crippen LogP contribution in [0.5, 0.6) is 0 Å². The normalized spacial score (nSPS) is 18.7. The van der Waals surface area contributed by atoms with Gasteiger partial charge in [0.25, 0.3) is 0 Å². The van der Waals surface area contributed by atoms with Crippen LogP contribution in [0.25, 0.3) is 0 Å². The summed E-state index contributed by atoms with van der Waals surface area (Å²) in [5.41, 5.74) is -0.414. The van der Waals surface area contributed by atoms with Gasteiger partial charge in [-0.3, -0.25) is 4.79 Å². The van der Waals surface area contributed by atoms with E-state index in [2.05, 4.69) is 0 Å². The average Bonchev–Trinajstić information content (AvgIpc) is 2.48. The van der Waals surface area contributed by atoms with Crippen molar-refractivity contribution in [1.82, 2.24) is 4.90 Å². The van der Waals surface area contributed by atoms with Crippen molar-refractivity contribution >= 4 is 23.5 Å². The molecule has 1 aromatic carbocycles. The van der Waals surface area contributed by atoms with Crippen molar-refractivity contribution in [2.75, 3.05) is 13.1 Å². The first-order valence-corrected chi connectivity index (χ1v) is 8.03. The zero-order valence-electron chi connectivity index (χ0n) is 13.6. The summed E-state index contributed by atoms with van der Waals surface area (Å²) in [4.78, 5) is 26.3. The lowest BCUT2D eigenvalue weighted by Gasteiger charge is -2.33. The molecule has 0 aromatic heterocycles. The van der Waals surface area contributed by atoms with Gasteiger partial charge in [0, 0.05) is 24.6 Å². The van der Waals surface area contributed by atoms with Gasteiger partial charge in [0.1, 0.15) is 11.4 Å². The molecule has 1 aromatic rings. The van der Waals surface area contributed by atoms with E-state index in [0.717, 1.165) is 0 Å². The Labute approximate surface area is 140 Å². The second-order valence-corrected chi connectivity index (χ2v) is 7.11. The van der Waals surface area contributed by atoms with E-state index in [1.807, 2.05) is 0 Å². The fourth-order valence-electron chi connectivity index (χ4n) is 2.60. The minimum absolute atomic E-state index is 0.160. The van der Waals surface area contributed by atoms with E-state index < -0.39 is 23.4 Å². The maximum Gasteiger partial charge on any atom is 0.410 e. The van der Waals surface area contributed by atoms with Gasteiger partial charge in [-0.05, 0) is 45.7 Å². The Balaban J connectivity index is 2.10. The van der Waals surface area contributed by atoms with Crippen molar-refractivity contribution in [3.05, 3.63) is 34.6 Å². The van der Waals surface area contributed by atoms with E-state index in [1.165, 1.54) is 23.1 Å². The summed E-state index contributed by atoms with van der Waals surface area (Å²) in [6, 6.07) is 4.19. The third-order valence-corrected chi connectivity index (χ3v) is 4.05. The summed E-state index contributed by atoms with van der Waals surface area (Å²) in [5.74, 6) is -1.24. The number of Topliss-reactive ketones (excluding diaryl/α,β-unsaturated/α-hetero) is 1. The molecule has 1 fully saturated rings. The smallest absolute Gasteiger partial charge is 0.410 e. The van der Waals surface area contributed by atoms with Crippen LogP contribution in [0.15, 0.2) is 18.2 Å². The van der Waals surface area contributed by atoms with Crippen molar-refractivity contribution < 1.29 is 18.7 Å². The number of piperidine rings is 1. The Morgan fingerprint density at radius 3 is 2.70 bits per heavy atom. The molecule has 1 unspecified atom stereocenters. The molecule has 0 spiro atoms. The number of carbonyl (C=O) groups is 2. The summed E-state index contributed by atoms with van der Waals surface area (Å²) in [6.07, 6.45) is 0.911. The number of likely N-dealkylation sites (tertiary alicyclic amines) is 1. The molecule has 0 N–H and O–H groups in total. The Kier molecular flexibility index (Phi) is 5.30. The minimum atomic E-state index is -0.614. The molecule has 0 saturated carbocycles. The second kappa shape index (κ2) is 6.87. The number of carbonyl (C=O) groups excluding carboxylic acids is 2. The zero-order valence-corrected chi connectivity index (χ0v) is 14.3. The molecule has 1 amide bonds. The molecule has 2 rings (SSSR count). The molecule has 1 saturated heterocycles. The fourth-order valence-corrected chi connectivity index (χ4v) is 2.82. The van der Waals surface area contributed by atoms with Crippen molar-refractivity contribution in [3.63, 3.8) is 0 Å². The number of hydrogen-bond donors (Lipinski definition) is 0. The van der Waals surface area contributed by atoms with Crippen LogP contribution in [0.4, 0.5) is 9.18 Å². The van der Waals surface area contributed by atoms with Gasteiger partial charge in [0.15, 0.2) is 5.78 Å². The first-order valence-electron chi connectivity index (χ1n) is 7.65. The van der Waals surface area contributed by atoms with Gasteiger partial charge >= 0.3 is 6.09 Å². The van der Waals surface area contributed by atoms with Crippen LogP contribution >= 0.6 is 11.6 Å². The first-order chi connectivity index (χ1) is 10.7. The van der Waals surface area contributed by atoms with E-state index in [0.29, 0.717) is 19.4 Å². The average molecular weight is 342 g/mol. The van der Waals surface area contributed by atoms with Crippen molar-refractivity contribution in [2.45, 2.75) is 39.2 Å². The Hall–Kier alpha value is -1.62.